The van der Waals surface area contributed by atoms with Crippen LogP contribution in [0.4, 0.5) is 57.1 Å². The molecule has 0 aromatic carbocycles. The summed E-state index contributed by atoms with van der Waals surface area (Å²) in [7, 11) is 0. The maximum Gasteiger partial charge on any atom is 0.462 e. The standard InChI is InChI=1S/C15H11F13O5/c1-5(2)7(30)31-8-11(19,20)9(3,14(23,24)25)33-13(12(8,21)22,15(26,27)28)32-6(29)4-10(16,17)18/h8H,1,4H2,2-3H3. The van der Waals surface area contributed by atoms with E-state index in [4.69, 9.17) is 0 Å². The smallest absolute Gasteiger partial charge is 0.446 e. The van der Waals surface area contributed by atoms with Crippen molar-refractivity contribution in [3.05, 3.63) is 12.2 Å². The molecule has 1 heterocycles. The molecule has 1 rings (SSSR count). The third-order valence-electron chi connectivity index (χ3n) is 4.17. The van der Waals surface area contributed by atoms with Gasteiger partial charge in [0.25, 0.3) is 0 Å². The number of ether oxygens (including phenoxy) is 3. The van der Waals surface area contributed by atoms with E-state index in [1.54, 1.807) is 0 Å². The number of carbonyl (C=O) groups is 2. The Labute approximate surface area is 174 Å². The second-order valence-electron chi connectivity index (χ2n) is 6.83. The molecule has 3 atom stereocenters. The average molecular weight is 518 g/mol. The van der Waals surface area contributed by atoms with E-state index in [0.717, 1.165) is 0 Å². The van der Waals surface area contributed by atoms with Crippen LogP contribution in [0.15, 0.2) is 12.2 Å². The Morgan fingerprint density at radius 1 is 0.909 bits per heavy atom. The first-order chi connectivity index (χ1) is 14.3. The Kier molecular flexibility index (Phi) is 6.89. The van der Waals surface area contributed by atoms with Gasteiger partial charge in [0, 0.05) is 5.57 Å². The highest BCUT2D eigenvalue weighted by Crippen LogP contribution is 2.63. The summed E-state index contributed by atoms with van der Waals surface area (Å²) in [6.45, 7) is 2.42. The van der Waals surface area contributed by atoms with Crippen molar-refractivity contribution in [3.63, 3.8) is 0 Å². The molecule has 0 bridgehead atoms. The summed E-state index contributed by atoms with van der Waals surface area (Å²) in [5.41, 5.74) is -6.68. The molecule has 0 N–H and O–H groups in total. The van der Waals surface area contributed by atoms with Crippen LogP contribution in [0.25, 0.3) is 0 Å². The molecule has 0 radical (unpaired) electrons. The van der Waals surface area contributed by atoms with Crippen LogP contribution in [0, 0.1) is 0 Å². The first-order valence-corrected chi connectivity index (χ1v) is 8.01. The van der Waals surface area contributed by atoms with Gasteiger partial charge in [-0.1, -0.05) is 6.58 Å². The number of hydrogen-bond acceptors (Lipinski definition) is 5. The number of halogens is 13. The van der Waals surface area contributed by atoms with Crippen LogP contribution in [0.2, 0.25) is 0 Å². The first-order valence-electron chi connectivity index (χ1n) is 8.01. The third kappa shape index (κ3) is 4.70. The van der Waals surface area contributed by atoms with Crippen molar-refractivity contribution in [2.24, 2.45) is 0 Å². The summed E-state index contributed by atoms with van der Waals surface area (Å²) in [6, 6.07) is 0. The van der Waals surface area contributed by atoms with Crippen LogP contribution in [0.3, 0.4) is 0 Å². The molecule has 0 saturated carbocycles. The van der Waals surface area contributed by atoms with Gasteiger partial charge in [-0.05, 0) is 13.8 Å². The summed E-state index contributed by atoms with van der Waals surface area (Å²) in [5.74, 6) is -24.8. The molecule has 18 heteroatoms. The fourth-order valence-corrected chi connectivity index (χ4v) is 2.43. The Hall–Kier alpha value is -2.27. The van der Waals surface area contributed by atoms with Crippen LogP contribution in [0.5, 0.6) is 0 Å². The fourth-order valence-electron chi connectivity index (χ4n) is 2.43. The lowest BCUT2D eigenvalue weighted by atomic mass is 9.81. The van der Waals surface area contributed by atoms with Crippen molar-refractivity contribution in [2.45, 2.75) is 68.1 Å². The lowest BCUT2D eigenvalue weighted by Gasteiger charge is -2.55. The molecule has 0 spiro atoms. The predicted molar refractivity (Wildman–Crippen MR) is 75.7 cm³/mol. The van der Waals surface area contributed by atoms with Crippen molar-refractivity contribution >= 4 is 11.9 Å². The van der Waals surface area contributed by atoms with Crippen molar-refractivity contribution < 1.29 is 80.9 Å². The quantitative estimate of drug-likeness (QED) is 0.303. The number of alkyl halides is 13. The largest absolute Gasteiger partial charge is 0.462 e. The lowest BCUT2D eigenvalue weighted by Crippen LogP contribution is -2.83. The van der Waals surface area contributed by atoms with Gasteiger partial charge in [-0.15, -0.1) is 0 Å². The van der Waals surface area contributed by atoms with E-state index in [1.807, 2.05) is 0 Å². The third-order valence-corrected chi connectivity index (χ3v) is 4.17. The van der Waals surface area contributed by atoms with Gasteiger partial charge >= 0.3 is 48.1 Å². The van der Waals surface area contributed by atoms with E-state index in [0.29, 0.717) is 6.92 Å². The summed E-state index contributed by atoms with van der Waals surface area (Å²) >= 11 is 0. The number of carbonyl (C=O) groups excluding carboxylic acids is 2. The second-order valence-corrected chi connectivity index (χ2v) is 6.83. The molecule has 5 nitrogen and oxygen atoms in total. The molecule has 1 saturated heterocycles. The van der Waals surface area contributed by atoms with Crippen LogP contribution in [0.1, 0.15) is 20.3 Å². The summed E-state index contributed by atoms with van der Waals surface area (Å²) < 4.78 is 186. The van der Waals surface area contributed by atoms with Gasteiger partial charge in [0.2, 0.25) is 11.7 Å². The first kappa shape index (κ1) is 28.8. The van der Waals surface area contributed by atoms with E-state index in [1.165, 1.54) is 0 Å². The van der Waals surface area contributed by atoms with Crippen LogP contribution < -0.4 is 0 Å². The minimum absolute atomic E-state index is 0.585. The normalized spacial score (nSPS) is 29.8. The molecular formula is C15H11F13O5. The van der Waals surface area contributed by atoms with E-state index < -0.39 is 78.7 Å². The average Bonchev–Trinajstić information content (AvgIpc) is 2.52. The van der Waals surface area contributed by atoms with E-state index in [2.05, 4.69) is 20.8 Å². The zero-order valence-electron chi connectivity index (χ0n) is 15.9. The van der Waals surface area contributed by atoms with E-state index in [9.17, 15) is 66.7 Å². The highest BCUT2D eigenvalue weighted by atomic mass is 19.4. The van der Waals surface area contributed by atoms with Crippen LogP contribution >= 0.6 is 0 Å². The SMILES string of the molecule is C=C(C)C(=O)OC1C(F)(F)C(C)(C(F)(F)F)OC(OC(=O)CC(F)(F)F)(C(F)(F)F)C1(F)F. The zero-order valence-corrected chi connectivity index (χ0v) is 15.9. The van der Waals surface area contributed by atoms with Crippen molar-refractivity contribution in [3.8, 4) is 0 Å². The molecule has 0 aromatic rings. The molecule has 0 aliphatic carbocycles. The molecular weight excluding hydrogens is 507 g/mol. The molecule has 0 aromatic heterocycles. The predicted octanol–water partition coefficient (Wildman–Crippen LogP) is 4.85. The maximum absolute atomic E-state index is 14.8. The van der Waals surface area contributed by atoms with Gasteiger partial charge in [-0.3, -0.25) is 4.79 Å². The Morgan fingerprint density at radius 3 is 1.70 bits per heavy atom. The highest BCUT2D eigenvalue weighted by molar-refractivity contribution is 5.87. The van der Waals surface area contributed by atoms with E-state index in [-0.39, 0.29) is 0 Å². The van der Waals surface area contributed by atoms with Crippen molar-refractivity contribution in [2.75, 3.05) is 0 Å². The van der Waals surface area contributed by atoms with Gasteiger partial charge < -0.3 is 14.2 Å². The topological polar surface area (TPSA) is 61.8 Å². The number of rotatable bonds is 4. The van der Waals surface area contributed by atoms with Crippen molar-refractivity contribution in [1.29, 1.82) is 0 Å². The van der Waals surface area contributed by atoms with Gasteiger partial charge in [0.15, 0.2) is 0 Å². The number of hydrogen-bond donors (Lipinski definition) is 0. The molecule has 1 aliphatic heterocycles. The maximum atomic E-state index is 14.8. The lowest BCUT2D eigenvalue weighted by molar-refractivity contribution is -0.535. The Balaban J connectivity index is 3.94. The Bertz CT molecular complexity index is 812. The zero-order chi connectivity index (χ0) is 26.6. The minimum atomic E-state index is -7.07. The van der Waals surface area contributed by atoms with Crippen molar-refractivity contribution in [1.82, 2.24) is 0 Å². The summed E-state index contributed by atoms with van der Waals surface area (Å²) in [6.07, 6.45) is -27.5. The van der Waals surface area contributed by atoms with Gasteiger partial charge in [0.05, 0.1) is 0 Å². The van der Waals surface area contributed by atoms with Crippen LogP contribution in [-0.2, 0) is 23.8 Å². The monoisotopic (exact) mass is 518 g/mol. The summed E-state index contributed by atoms with van der Waals surface area (Å²) in [4.78, 5) is 22.7. The molecule has 192 valence electrons. The highest BCUT2D eigenvalue weighted by Gasteiger charge is 2.92. The van der Waals surface area contributed by atoms with Gasteiger partial charge in [-0.25, -0.2) is 4.79 Å². The van der Waals surface area contributed by atoms with Gasteiger partial charge in [-0.2, -0.15) is 57.1 Å². The number of esters is 2. The van der Waals surface area contributed by atoms with Crippen LogP contribution in [-0.4, -0.2) is 59.8 Å². The second kappa shape index (κ2) is 7.90. The Morgan fingerprint density at radius 2 is 1.36 bits per heavy atom. The fraction of sp³-hybridized carbons (Fsp3) is 0.733. The molecule has 3 unspecified atom stereocenters. The minimum Gasteiger partial charge on any atom is -0.446 e. The molecule has 33 heavy (non-hydrogen) atoms. The van der Waals surface area contributed by atoms with Gasteiger partial charge in [0.1, 0.15) is 6.42 Å². The molecule has 1 fully saturated rings. The van der Waals surface area contributed by atoms with E-state index >= 15 is 0 Å². The molecule has 1 aliphatic rings. The summed E-state index contributed by atoms with van der Waals surface area (Å²) in [5, 5.41) is 0. The molecule has 0 amide bonds.